The van der Waals surface area contributed by atoms with Gasteiger partial charge in [0.1, 0.15) is 5.82 Å². The standard InChI is InChI=1S/C21H26ClN7/c1-23-21(24-11-5-9-20-27-26-19-8-2-3-12-29(19)20)25-17-10-13-28(15-17)18-7-4-6-16(22)14-18/h2-4,6-8,12,14,17H,5,9-11,13,15H2,1H3,(H2,23,24,25). The highest BCUT2D eigenvalue weighted by molar-refractivity contribution is 6.30. The zero-order valence-corrected chi connectivity index (χ0v) is 17.3. The zero-order chi connectivity index (χ0) is 20.1. The number of aliphatic imine (C=N–C) groups is 1. The number of nitrogens with zero attached hydrogens (tertiary/aromatic N) is 5. The minimum atomic E-state index is 0.362. The van der Waals surface area contributed by atoms with E-state index in [-0.39, 0.29) is 0 Å². The molecule has 1 aromatic carbocycles. The van der Waals surface area contributed by atoms with Gasteiger partial charge in [-0.3, -0.25) is 9.39 Å². The Morgan fingerprint density at radius 2 is 2.17 bits per heavy atom. The molecule has 8 heteroatoms. The largest absolute Gasteiger partial charge is 0.369 e. The van der Waals surface area contributed by atoms with Gasteiger partial charge >= 0.3 is 0 Å². The van der Waals surface area contributed by atoms with Crippen molar-refractivity contribution in [1.29, 1.82) is 0 Å². The number of fused-ring (bicyclic) bond motifs is 1. The van der Waals surface area contributed by atoms with Crippen LogP contribution in [-0.4, -0.2) is 53.3 Å². The number of halogens is 1. The summed E-state index contributed by atoms with van der Waals surface area (Å²) in [4.78, 5) is 6.72. The molecule has 1 aliphatic rings. The highest BCUT2D eigenvalue weighted by Crippen LogP contribution is 2.23. The number of aromatic nitrogens is 3. The van der Waals surface area contributed by atoms with Crippen LogP contribution in [0.15, 0.2) is 53.7 Å². The third kappa shape index (κ3) is 4.79. The Morgan fingerprint density at radius 3 is 3.03 bits per heavy atom. The molecule has 0 aliphatic carbocycles. The molecule has 0 radical (unpaired) electrons. The fraction of sp³-hybridized carbons (Fsp3) is 0.381. The van der Waals surface area contributed by atoms with Gasteiger partial charge in [-0.1, -0.05) is 23.7 Å². The van der Waals surface area contributed by atoms with Gasteiger partial charge in [0.25, 0.3) is 0 Å². The van der Waals surface area contributed by atoms with Crippen molar-refractivity contribution in [3.63, 3.8) is 0 Å². The molecule has 0 spiro atoms. The molecule has 2 N–H and O–H groups in total. The van der Waals surface area contributed by atoms with E-state index < -0.39 is 0 Å². The van der Waals surface area contributed by atoms with Gasteiger partial charge in [0, 0.05) is 56.1 Å². The maximum Gasteiger partial charge on any atom is 0.191 e. The number of anilines is 1. The number of hydrogen-bond acceptors (Lipinski definition) is 4. The molecule has 3 aromatic rings. The lowest BCUT2D eigenvalue weighted by Gasteiger charge is -2.20. The van der Waals surface area contributed by atoms with E-state index in [2.05, 4.69) is 36.8 Å². The Balaban J connectivity index is 1.23. The SMILES string of the molecule is CN=C(NCCCc1nnc2ccccn12)NC1CCN(c2cccc(Cl)c2)C1. The Morgan fingerprint density at radius 1 is 1.24 bits per heavy atom. The summed E-state index contributed by atoms with van der Waals surface area (Å²) in [5.74, 6) is 1.83. The Bertz CT molecular complexity index is 984. The van der Waals surface area contributed by atoms with E-state index in [1.165, 1.54) is 5.69 Å². The van der Waals surface area contributed by atoms with Crippen LogP contribution in [0.25, 0.3) is 5.65 Å². The molecule has 1 fully saturated rings. The van der Waals surface area contributed by atoms with E-state index in [9.17, 15) is 0 Å². The van der Waals surface area contributed by atoms with Gasteiger partial charge in [0.2, 0.25) is 0 Å². The summed E-state index contributed by atoms with van der Waals surface area (Å²) in [5, 5.41) is 16.2. The van der Waals surface area contributed by atoms with E-state index in [0.717, 1.165) is 61.4 Å². The monoisotopic (exact) mass is 411 g/mol. The predicted octanol–water partition coefficient (Wildman–Crippen LogP) is 2.76. The summed E-state index contributed by atoms with van der Waals surface area (Å²) >= 11 is 6.13. The molecule has 29 heavy (non-hydrogen) atoms. The van der Waals surface area contributed by atoms with Crippen molar-refractivity contribution in [3.05, 3.63) is 59.5 Å². The highest BCUT2D eigenvalue weighted by Gasteiger charge is 2.23. The van der Waals surface area contributed by atoms with E-state index in [4.69, 9.17) is 11.6 Å². The average molecular weight is 412 g/mol. The van der Waals surface area contributed by atoms with Crippen LogP contribution >= 0.6 is 11.6 Å². The number of benzene rings is 1. The van der Waals surface area contributed by atoms with Gasteiger partial charge in [-0.25, -0.2) is 0 Å². The minimum absolute atomic E-state index is 0.362. The van der Waals surface area contributed by atoms with Gasteiger partial charge < -0.3 is 15.5 Å². The van der Waals surface area contributed by atoms with Gasteiger partial charge in [-0.15, -0.1) is 10.2 Å². The Kier molecular flexibility index (Phi) is 6.14. The molecule has 2 aromatic heterocycles. The van der Waals surface area contributed by atoms with Crippen molar-refractivity contribution in [2.24, 2.45) is 4.99 Å². The average Bonchev–Trinajstić information content (AvgIpc) is 3.37. The van der Waals surface area contributed by atoms with Crippen molar-refractivity contribution in [1.82, 2.24) is 25.2 Å². The lowest BCUT2D eigenvalue weighted by Crippen LogP contribution is -2.44. The molecule has 1 saturated heterocycles. The van der Waals surface area contributed by atoms with Crippen molar-refractivity contribution in [2.45, 2.75) is 25.3 Å². The molecule has 0 amide bonds. The van der Waals surface area contributed by atoms with Crippen LogP contribution in [0, 0.1) is 0 Å². The van der Waals surface area contributed by atoms with Crippen LogP contribution < -0.4 is 15.5 Å². The molecular formula is C21H26ClN7. The van der Waals surface area contributed by atoms with Gasteiger partial charge in [-0.2, -0.15) is 0 Å². The second-order valence-corrected chi connectivity index (χ2v) is 7.64. The Labute approximate surface area is 175 Å². The molecule has 4 rings (SSSR count). The molecular weight excluding hydrogens is 386 g/mol. The van der Waals surface area contributed by atoms with E-state index in [0.29, 0.717) is 6.04 Å². The second kappa shape index (κ2) is 9.13. The Hall–Kier alpha value is -2.80. The van der Waals surface area contributed by atoms with Crippen molar-refractivity contribution >= 4 is 28.9 Å². The third-order valence-corrected chi connectivity index (χ3v) is 5.42. The molecule has 1 unspecified atom stereocenters. The number of rotatable bonds is 6. The molecule has 0 bridgehead atoms. The first-order valence-corrected chi connectivity index (χ1v) is 10.4. The lowest BCUT2D eigenvalue weighted by atomic mass is 10.2. The number of nitrogens with one attached hydrogen (secondary N) is 2. The molecule has 152 valence electrons. The van der Waals surface area contributed by atoms with Gasteiger partial charge in [-0.05, 0) is 43.2 Å². The summed E-state index contributed by atoms with van der Waals surface area (Å²) in [5.41, 5.74) is 2.06. The second-order valence-electron chi connectivity index (χ2n) is 7.20. The van der Waals surface area contributed by atoms with E-state index >= 15 is 0 Å². The topological polar surface area (TPSA) is 69.8 Å². The predicted molar refractivity (Wildman–Crippen MR) is 118 cm³/mol. The normalized spacial score (nSPS) is 17.1. The number of pyridine rings is 1. The molecule has 1 aliphatic heterocycles. The van der Waals surface area contributed by atoms with Crippen LogP contribution in [0.4, 0.5) is 5.69 Å². The van der Waals surface area contributed by atoms with Crippen LogP contribution in [0.1, 0.15) is 18.7 Å². The first kappa shape index (κ1) is 19.5. The summed E-state index contributed by atoms with van der Waals surface area (Å²) < 4.78 is 2.04. The van der Waals surface area contributed by atoms with E-state index in [1.54, 1.807) is 0 Å². The molecule has 0 saturated carbocycles. The maximum absolute atomic E-state index is 6.13. The number of guanidine groups is 1. The maximum atomic E-state index is 6.13. The quantitative estimate of drug-likeness (QED) is 0.371. The fourth-order valence-electron chi connectivity index (χ4n) is 3.69. The first-order chi connectivity index (χ1) is 14.2. The molecule has 1 atom stereocenters. The van der Waals surface area contributed by atoms with Crippen LogP contribution in [0.2, 0.25) is 5.02 Å². The smallest absolute Gasteiger partial charge is 0.191 e. The summed E-state index contributed by atoms with van der Waals surface area (Å²) in [6, 6.07) is 14.3. The minimum Gasteiger partial charge on any atom is -0.369 e. The van der Waals surface area contributed by atoms with Crippen molar-refractivity contribution in [3.8, 4) is 0 Å². The lowest BCUT2D eigenvalue weighted by molar-refractivity contribution is 0.640. The van der Waals surface area contributed by atoms with Crippen LogP contribution in [0.3, 0.4) is 0 Å². The van der Waals surface area contributed by atoms with Gasteiger partial charge in [0.05, 0.1) is 0 Å². The highest BCUT2D eigenvalue weighted by atomic mass is 35.5. The van der Waals surface area contributed by atoms with Crippen molar-refractivity contribution in [2.75, 3.05) is 31.6 Å². The summed E-state index contributed by atoms with van der Waals surface area (Å²) in [7, 11) is 1.81. The van der Waals surface area contributed by atoms with Crippen LogP contribution in [-0.2, 0) is 6.42 Å². The fourth-order valence-corrected chi connectivity index (χ4v) is 3.87. The van der Waals surface area contributed by atoms with Crippen molar-refractivity contribution < 1.29 is 0 Å². The van der Waals surface area contributed by atoms with Crippen LogP contribution in [0.5, 0.6) is 0 Å². The molecule has 7 nitrogen and oxygen atoms in total. The van der Waals surface area contributed by atoms with Gasteiger partial charge in [0.15, 0.2) is 11.6 Å². The first-order valence-electron chi connectivity index (χ1n) is 9.99. The number of aryl methyl sites for hydroxylation is 1. The molecule has 3 heterocycles. The van der Waals surface area contributed by atoms with E-state index in [1.807, 2.05) is 54.0 Å². The number of hydrogen-bond donors (Lipinski definition) is 2. The summed E-state index contributed by atoms with van der Waals surface area (Å²) in [6.45, 7) is 2.77. The zero-order valence-electron chi connectivity index (χ0n) is 16.6. The third-order valence-electron chi connectivity index (χ3n) is 5.18. The summed E-state index contributed by atoms with van der Waals surface area (Å²) in [6.07, 6.45) is 4.89.